The minimum absolute atomic E-state index is 0.323. The molecule has 0 amide bonds. The summed E-state index contributed by atoms with van der Waals surface area (Å²) >= 11 is 3.82. The quantitative estimate of drug-likeness (QED) is 0.675. The number of benzene rings is 1. The maximum atomic E-state index is 3.82. The van der Waals surface area contributed by atoms with E-state index in [1.807, 2.05) is 0 Å². The van der Waals surface area contributed by atoms with Crippen molar-refractivity contribution in [2.75, 3.05) is 52.4 Å². The van der Waals surface area contributed by atoms with Crippen LogP contribution in [-0.2, 0) is 13.0 Å². The standard InChI is InChI=1S/C22H39BrN4/c1-22(2,3)17-19-6-7-20(21(23)16-19)18-27-14-5-10-25-12-11-24-8-4-9-26-13-15-27/h6-7,16,24-26H,4-5,8-15,17-18H2,1-3H3. The molecule has 1 aromatic carbocycles. The van der Waals surface area contributed by atoms with Gasteiger partial charge in [0, 0.05) is 37.2 Å². The van der Waals surface area contributed by atoms with Crippen molar-refractivity contribution in [2.45, 2.75) is 46.6 Å². The summed E-state index contributed by atoms with van der Waals surface area (Å²) in [5.41, 5.74) is 3.13. The third-order valence-corrected chi connectivity index (χ3v) is 5.60. The first-order valence-corrected chi connectivity index (χ1v) is 11.4. The zero-order valence-corrected chi connectivity index (χ0v) is 19.1. The maximum Gasteiger partial charge on any atom is 0.0245 e. The van der Waals surface area contributed by atoms with Gasteiger partial charge in [-0.1, -0.05) is 48.8 Å². The van der Waals surface area contributed by atoms with E-state index in [0.29, 0.717) is 5.41 Å². The Hall–Kier alpha value is -0.460. The molecule has 154 valence electrons. The Kier molecular flexibility index (Phi) is 10.3. The summed E-state index contributed by atoms with van der Waals surface area (Å²) in [6.45, 7) is 16.6. The van der Waals surface area contributed by atoms with Crippen molar-refractivity contribution < 1.29 is 0 Å². The molecule has 0 saturated carbocycles. The smallest absolute Gasteiger partial charge is 0.0245 e. The molecule has 0 radical (unpaired) electrons. The average molecular weight is 439 g/mol. The number of halogens is 1. The molecule has 1 aromatic rings. The summed E-state index contributed by atoms with van der Waals surface area (Å²) in [5, 5.41) is 10.6. The minimum atomic E-state index is 0.323. The van der Waals surface area contributed by atoms with Crippen LogP contribution < -0.4 is 16.0 Å². The summed E-state index contributed by atoms with van der Waals surface area (Å²) in [4.78, 5) is 2.59. The minimum Gasteiger partial charge on any atom is -0.315 e. The van der Waals surface area contributed by atoms with Gasteiger partial charge < -0.3 is 16.0 Å². The highest BCUT2D eigenvalue weighted by Crippen LogP contribution is 2.25. The van der Waals surface area contributed by atoms with E-state index >= 15 is 0 Å². The Morgan fingerprint density at radius 3 is 2.22 bits per heavy atom. The molecular formula is C22H39BrN4. The van der Waals surface area contributed by atoms with Gasteiger partial charge in [0.2, 0.25) is 0 Å². The topological polar surface area (TPSA) is 39.3 Å². The SMILES string of the molecule is CC(C)(C)Cc1ccc(CN2CCCNCCNCCCNCC2)c(Br)c1. The second kappa shape index (κ2) is 12.2. The largest absolute Gasteiger partial charge is 0.315 e. The molecule has 0 aliphatic carbocycles. The van der Waals surface area contributed by atoms with Gasteiger partial charge in [0.15, 0.2) is 0 Å². The zero-order valence-electron chi connectivity index (χ0n) is 17.5. The fourth-order valence-corrected chi connectivity index (χ4v) is 4.06. The lowest BCUT2D eigenvalue weighted by Crippen LogP contribution is -2.36. The molecule has 1 aliphatic heterocycles. The van der Waals surface area contributed by atoms with Crippen molar-refractivity contribution in [1.82, 2.24) is 20.9 Å². The molecule has 0 unspecified atom stereocenters. The third-order valence-electron chi connectivity index (χ3n) is 4.86. The Morgan fingerprint density at radius 1 is 0.889 bits per heavy atom. The van der Waals surface area contributed by atoms with Crippen molar-refractivity contribution in [3.8, 4) is 0 Å². The van der Waals surface area contributed by atoms with Crippen LogP contribution in [0.4, 0.5) is 0 Å². The summed E-state index contributed by atoms with van der Waals surface area (Å²) < 4.78 is 1.25. The summed E-state index contributed by atoms with van der Waals surface area (Å²) in [7, 11) is 0. The first kappa shape index (κ1) is 22.8. The monoisotopic (exact) mass is 438 g/mol. The van der Waals surface area contributed by atoms with Gasteiger partial charge in [-0.2, -0.15) is 0 Å². The third kappa shape index (κ3) is 10.0. The van der Waals surface area contributed by atoms with Crippen LogP contribution in [0.25, 0.3) is 0 Å². The van der Waals surface area contributed by atoms with Crippen LogP contribution in [0, 0.1) is 5.41 Å². The Balaban J connectivity index is 1.92. The van der Waals surface area contributed by atoms with Crippen LogP contribution in [-0.4, -0.2) is 57.3 Å². The van der Waals surface area contributed by atoms with Crippen LogP contribution in [0.15, 0.2) is 22.7 Å². The number of nitrogens with one attached hydrogen (secondary N) is 3. The average Bonchev–Trinajstić information content (AvgIpc) is 2.59. The highest BCUT2D eigenvalue weighted by atomic mass is 79.9. The zero-order chi connectivity index (χ0) is 19.5. The van der Waals surface area contributed by atoms with Crippen molar-refractivity contribution >= 4 is 15.9 Å². The Morgan fingerprint density at radius 2 is 1.56 bits per heavy atom. The molecule has 0 atom stereocenters. The molecular weight excluding hydrogens is 400 g/mol. The summed E-state index contributed by atoms with van der Waals surface area (Å²) in [5.74, 6) is 0. The van der Waals surface area contributed by atoms with E-state index in [1.165, 1.54) is 28.4 Å². The van der Waals surface area contributed by atoms with E-state index in [2.05, 4.69) is 75.8 Å². The molecule has 0 bridgehead atoms. The molecule has 1 aliphatic rings. The van der Waals surface area contributed by atoms with Crippen molar-refractivity contribution in [3.63, 3.8) is 0 Å². The molecule has 1 saturated heterocycles. The van der Waals surface area contributed by atoms with Gasteiger partial charge in [0.05, 0.1) is 0 Å². The van der Waals surface area contributed by atoms with Crippen molar-refractivity contribution in [1.29, 1.82) is 0 Å². The van der Waals surface area contributed by atoms with E-state index < -0.39 is 0 Å². The second-order valence-electron chi connectivity index (χ2n) is 8.90. The van der Waals surface area contributed by atoms with Crippen molar-refractivity contribution in [2.24, 2.45) is 5.41 Å². The Labute approximate surface area is 175 Å². The Bertz CT molecular complexity index is 528. The van der Waals surface area contributed by atoms with Gasteiger partial charge in [0.25, 0.3) is 0 Å². The lowest BCUT2D eigenvalue weighted by Gasteiger charge is -2.24. The molecule has 5 heteroatoms. The van der Waals surface area contributed by atoms with E-state index in [4.69, 9.17) is 0 Å². The van der Waals surface area contributed by atoms with Crippen LogP contribution in [0.2, 0.25) is 0 Å². The van der Waals surface area contributed by atoms with Crippen LogP contribution in [0.5, 0.6) is 0 Å². The van der Waals surface area contributed by atoms with E-state index in [0.717, 1.165) is 65.3 Å². The van der Waals surface area contributed by atoms with Gasteiger partial charge in [-0.15, -0.1) is 0 Å². The first-order valence-electron chi connectivity index (χ1n) is 10.6. The molecule has 1 heterocycles. The lowest BCUT2D eigenvalue weighted by atomic mass is 9.88. The van der Waals surface area contributed by atoms with Crippen LogP contribution >= 0.6 is 15.9 Å². The molecule has 27 heavy (non-hydrogen) atoms. The van der Waals surface area contributed by atoms with E-state index in [1.54, 1.807) is 0 Å². The highest BCUT2D eigenvalue weighted by Gasteiger charge is 2.13. The molecule has 0 aromatic heterocycles. The summed E-state index contributed by atoms with van der Waals surface area (Å²) in [6, 6.07) is 6.94. The lowest BCUT2D eigenvalue weighted by molar-refractivity contribution is 0.259. The van der Waals surface area contributed by atoms with Crippen molar-refractivity contribution in [3.05, 3.63) is 33.8 Å². The molecule has 3 N–H and O–H groups in total. The first-order chi connectivity index (χ1) is 12.9. The van der Waals surface area contributed by atoms with Crippen LogP contribution in [0.1, 0.15) is 44.7 Å². The molecule has 4 nitrogen and oxygen atoms in total. The second-order valence-corrected chi connectivity index (χ2v) is 9.75. The van der Waals surface area contributed by atoms with Gasteiger partial charge in [-0.05, 0) is 68.0 Å². The van der Waals surface area contributed by atoms with Gasteiger partial charge in [-0.3, -0.25) is 4.90 Å². The number of rotatable bonds is 3. The van der Waals surface area contributed by atoms with Crippen LogP contribution in [0.3, 0.4) is 0 Å². The summed E-state index contributed by atoms with van der Waals surface area (Å²) in [6.07, 6.45) is 3.50. The highest BCUT2D eigenvalue weighted by molar-refractivity contribution is 9.10. The van der Waals surface area contributed by atoms with E-state index in [-0.39, 0.29) is 0 Å². The van der Waals surface area contributed by atoms with E-state index in [9.17, 15) is 0 Å². The number of nitrogens with zero attached hydrogens (tertiary/aromatic N) is 1. The molecule has 1 fully saturated rings. The van der Waals surface area contributed by atoms with Gasteiger partial charge in [0.1, 0.15) is 0 Å². The number of hydrogen-bond donors (Lipinski definition) is 3. The normalized spacial score (nSPS) is 19.6. The molecule has 0 spiro atoms. The fraction of sp³-hybridized carbons (Fsp3) is 0.727. The maximum absolute atomic E-state index is 3.82. The van der Waals surface area contributed by atoms with Gasteiger partial charge >= 0.3 is 0 Å². The molecule has 2 rings (SSSR count). The fourth-order valence-electron chi connectivity index (χ4n) is 3.51. The predicted molar refractivity (Wildman–Crippen MR) is 120 cm³/mol. The predicted octanol–water partition coefficient (Wildman–Crippen LogP) is 3.40. The number of hydrogen-bond acceptors (Lipinski definition) is 4. The van der Waals surface area contributed by atoms with Gasteiger partial charge in [-0.25, -0.2) is 0 Å².